The van der Waals surface area contributed by atoms with Crippen LogP contribution in [-0.4, -0.2) is 5.91 Å². The van der Waals surface area contributed by atoms with E-state index >= 15 is 0 Å². The molecule has 0 bridgehead atoms. The molecule has 134 valence electrons. The summed E-state index contributed by atoms with van der Waals surface area (Å²) in [4.78, 5) is 12.4. The van der Waals surface area contributed by atoms with E-state index in [-0.39, 0.29) is 5.56 Å². The quantitative estimate of drug-likeness (QED) is 0.649. The summed E-state index contributed by atoms with van der Waals surface area (Å²) in [6.07, 6.45) is -0.428. The molecule has 1 N–H and O–H groups in total. The summed E-state index contributed by atoms with van der Waals surface area (Å²) >= 11 is 0. The van der Waals surface area contributed by atoms with Gasteiger partial charge in [-0.25, -0.2) is 0 Å². The monoisotopic (exact) mass is 359 g/mol. The number of furan rings is 1. The molecule has 0 aliphatic heterocycles. The average molecular weight is 359 g/mol. The Labute approximate surface area is 147 Å². The number of hydrogen-bond acceptors (Lipinski definition) is 2. The molecule has 0 saturated heterocycles. The number of benzene rings is 2. The summed E-state index contributed by atoms with van der Waals surface area (Å²) < 4.78 is 44.3. The van der Waals surface area contributed by atoms with Crippen molar-refractivity contribution >= 4 is 22.6 Å². The van der Waals surface area contributed by atoms with Crippen molar-refractivity contribution in [2.75, 3.05) is 5.32 Å². The number of carbonyl (C=O) groups is 1. The van der Waals surface area contributed by atoms with Crippen molar-refractivity contribution in [1.82, 2.24) is 0 Å². The van der Waals surface area contributed by atoms with E-state index in [1.807, 2.05) is 6.07 Å². The van der Waals surface area contributed by atoms with Crippen molar-refractivity contribution in [3.63, 3.8) is 0 Å². The Balaban J connectivity index is 1.62. The van der Waals surface area contributed by atoms with Crippen LogP contribution in [0.1, 0.15) is 40.1 Å². The van der Waals surface area contributed by atoms with Gasteiger partial charge in [0.25, 0.3) is 5.91 Å². The highest BCUT2D eigenvalue weighted by molar-refractivity contribution is 6.05. The van der Waals surface area contributed by atoms with Crippen LogP contribution in [0.15, 0.2) is 46.9 Å². The Hall–Kier alpha value is -2.76. The van der Waals surface area contributed by atoms with Crippen LogP contribution >= 0.6 is 0 Å². The lowest BCUT2D eigenvalue weighted by molar-refractivity contribution is -0.137. The summed E-state index contributed by atoms with van der Waals surface area (Å²) in [6, 6.07) is 9.71. The number of rotatable bonds is 2. The maximum absolute atomic E-state index is 12.8. The second kappa shape index (κ2) is 6.20. The number of amides is 1. The van der Waals surface area contributed by atoms with Crippen LogP contribution in [0, 0.1) is 0 Å². The smallest absolute Gasteiger partial charge is 0.416 e. The molecular formula is C20H16F3NO2. The molecule has 6 heteroatoms. The van der Waals surface area contributed by atoms with E-state index in [0.717, 1.165) is 54.5 Å². The zero-order valence-electron chi connectivity index (χ0n) is 13.8. The molecule has 0 atom stereocenters. The SMILES string of the molecule is O=C(Nc1ccc2oc3c(c2c1)CCCC3)c1cccc(C(F)(F)F)c1. The largest absolute Gasteiger partial charge is 0.461 e. The molecule has 26 heavy (non-hydrogen) atoms. The van der Waals surface area contributed by atoms with Gasteiger partial charge in [0.15, 0.2) is 0 Å². The minimum Gasteiger partial charge on any atom is -0.461 e. The highest BCUT2D eigenvalue weighted by Gasteiger charge is 2.31. The maximum Gasteiger partial charge on any atom is 0.416 e. The zero-order chi connectivity index (χ0) is 18.3. The lowest BCUT2D eigenvalue weighted by Crippen LogP contribution is -2.13. The van der Waals surface area contributed by atoms with Crippen LogP contribution in [0.4, 0.5) is 18.9 Å². The molecule has 4 rings (SSSR count). The second-order valence-corrected chi connectivity index (χ2v) is 6.45. The fourth-order valence-electron chi connectivity index (χ4n) is 3.38. The van der Waals surface area contributed by atoms with Crippen LogP contribution in [0.3, 0.4) is 0 Å². The Morgan fingerprint density at radius 2 is 1.85 bits per heavy atom. The van der Waals surface area contributed by atoms with Crippen molar-refractivity contribution in [3.8, 4) is 0 Å². The minimum absolute atomic E-state index is 0.0332. The third-order valence-corrected chi connectivity index (χ3v) is 4.66. The van der Waals surface area contributed by atoms with Gasteiger partial charge >= 0.3 is 6.18 Å². The Morgan fingerprint density at radius 1 is 1.04 bits per heavy atom. The van der Waals surface area contributed by atoms with E-state index in [4.69, 9.17) is 4.42 Å². The van der Waals surface area contributed by atoms with Crippen LogP contribution < -0.4 is 5.32 Å². The molecule has 3 nitrogen and oxygen atoms in total. The van der Waals surface area contributed by atoms with Gasteiger partial charge in [-0.2, -0.15) is 13.2 Å². The maximum atomic E-state index is 12.8. The van der Waals surface area contributed by atoms with Crippen LogP contribution in [0.5, 0.6) is 0 Å². The van der Waals surface area contributed by atoms with E-state index in [0.29, 0.717) is 5.69 Å². The Kier molecular flexibility index (Phi) is 3.98. The molecule has 3 aromatic rings. The fraction of sp³-hybridized carbons (Fsp3) is 0.250. The van der Waals surface area contributed by atoms with E-state index in [2.05, 4.69) is 5.32 Å². The summed E-state index contributed by atoms with van der Waals surface area (Å²) in [7, 11) is 0. The summed E-state index contributed by atoms with van der Waals surface area (Å²) in [5.74, 6) is 0.417. The summed E-state index contributed by atoms with van der Waals surface area (Å²) in [5, 5.41) is 3.64. The lowest BCUT2D eigenvalue weighted by Gasteiger charge is -2.10. The van der Waals surface area contributed by atoms with Crippen molar-refractivity contribution in [3.05, 3.63) is 64.9 Å². The number of aryl methyl sites for hydroxylation is 2. The highest BCUT2D eigenvalue weighted by Crippen LogP contribution is 2.34. The molecule has 0 radical (unpaired) electrons. The molecule has 0 fully saturated rings. The third-order valence-electron chi connectivity index (χ3n) is 4.66. The average Bonchev–Trinajstić information content (AvgIpc) is 2.99. The van der Waals surface area contributed by atoms with Gasteiger partial charge in [-0.3, -0.25) is 4.79 Å². The molecular weight excluding hydrogens is 343 g/mol. The minimum atomic E-state index is -4.48. The molecule has 1 aliphatic rings. The lowest BCUT2D eigenvalue weighted by atomic mass is 9.96. The fourth-order valence-corrected chi connectivity index (χ4v) is 3.38. The molecule has 2 aromatic carbocycles. The number of carbonyl (C=O) groups excluding carboxylic acids is 1. The molecule has 0 saturated carbocycles. The van der Waals surface area contributed by atoms with Gasteiger partial charge in [0, 0.05) is 28.6 Å². The topological polar surface area (TPSA) is 42.2 Å². The summed E-state index contributed by atoms with van der Waals surface area (Å²) in [5.41, 5.74) is 1.60. The van der Waals surface area contributed by atoms with Gasteiger partial charge in [0.05, 0.1) is 5.56 Å². The van der Waals surface area contributed by atoms with Gasteiger partial charge in [0.1, 0.15) is 11.3 Å². The van der Waals surface area contributed by atoms with Gasteiger partial charge in [0.2, 0.25) is 0 Å². The van der Waals surface area contributed by atoms with Crippen LogP contribution in [0.25, 0.3) is 11.0 Å². The molecule has 0 spiro atoms. The molecule has 1 aliphatic carbocycles. The number of halogens is 3. The van der Waals surface area contributed by atoms with Gasteiger partial charge < -0.3 is 9.73 Å². The standard InChI is InChI=1S/C20H16F3NO2/c21-20(22,23)13-5-3-4-12(10-13)19(25)24-14-8-9-18-16(11-14)15-6-1-2-7-17(15)26-18/h3-5,8-11H,1-2,6-7H2,(H,24,25). The van der Waals surface area contributed by atoms with E-state index in [9.17, 15) is 18.0 Å². The molecule has 1 aromatic heterocycles. The highest BCUT2D eigenvalue weighted by atomic mass is 19.4. The van der Waals surface area contributed by atoms with Crippen LogP contribution in [0.2, 0.25) is 0 Å². The molecule has 1 heterocycles. The van der Waals surface area contributed by atoms with E-state index < -0.39 is 17.6 Å². The third kappa shape index (κ3) is 3.07. The van der Waals surface area contributed by atoms with Crippen molar-refractivity contribution < 1.29 is 22.4 Å². The molecule has 0 unspecified atom stereocenters. The number of hydrogen-bond donors (Lipinski definition) is 1. The normalized spacial score (nSPS) is 14.3. The van der Waals surface area contributed by atoms with Gasteiger partial charge in [-0.1, -0.05) is 6.07 Å². The molecule has 1 amide bonds. The van der Waals surface area contributed by atoms with E-state index in [1.54, 1.807) is 12.1 Å². The van der Waals surface area contributed by atoms with Crippen LogP contribution in [-0.2, 0) is 19.0 Å². The summed E-state index contributed by atoms with van der Waals surface area (Å²) in [6.45, 7) is 0. The first kappa shape index (κ1) is 16.7. The van der Waals surface area contributed by atoms with Crippen molar-refractivity contribution in [2.45, 2.75) is 31.9 Å². The van der Waals surface area contributed by atoms with E-state index in [1.165, 1.54) is 17.7 Å². The number of fused-ring (bicyclic) bond motifs is 3. The Morgan fingerprint density at radius 3 is 2.65 bits per heavy atom. The number of alkyl halides is 3. The predicted molar refractivity (Wildman–Crippen MR) is 92.3 cm³/mol. The first-order valence-corrected chi connectivity index (χ1v) is 8.45. The zero-order valence-corrected chi connectivity index (χ0v) is 13.8. The van der Waals surface area contributed by atoms with Gasteiger partial charge in [-0.15, -0.1) is 0 Å². The van der Waals surface area contributed by atoms with Gasteiger partial charge in [-0.05, 0) is 55.7 Å². The number of nitrogens with one attached hydrogen (secondary N) is 1. The Bertz CT molecular complexity index is 988. The predicted octanol–water partition coefficient (Wildman–Crippen LogP) is 5.58. The first-order valence-electron chi connectivity index (χ1n) is 8.45. The first-order chi connectivity index (χ1) is 12.4. The van der Waals surface area contributed by atoms with Crippen molar-refractivity contribution in [2.24, 2.45) is 0 Å². The number of anilines is 1. The van der Waals surface area contributed by atoms with Crippen molar-refractivity contribution in [1.29, 1.82) is 0 Å². The second-order valence-electron chi connectivity index (χ2n) is 6.45.